The van der Waals surface area contributed by atoms with Gasteiger partial charge in [-0.2, -0.15) is 0 Å². The molecule has 10 heteroatoms. The van der Waals surface area contributed by atoms with E-state index in [2.05, 4.69) is 15.5 Å². The average molecular weight is 470 g/mol. The molecule has 0 unspecified atom stereocenters. The van der Waals surface area contributed by atoms with Gasteiger partial charge in [-0.15, -0.1) is 11.3 Å². The van der Waals surface area contributed by atoms with Gasteiger partial charge >= 0.3 is 0 Å². The van der Waals surface area contributed by atoms with Crippen LogP contribution in [0.5, 0.6) is 0 Å². The largest absolute Gasteiger partial charge is 0.360 e. The first-order valence-corrected chi connectivity index (χ1v) is 12.3. The molecular weight excluding hydrogens is 442 g/mol. The third kappa shape index (κ3) is 4.44. The van der Waals surface area contributed by atoms with Gasteiger partial charge in [0.25, 0.3) is 5.56 Å². The van der Waals surface area contributed by atoms with Crippen molar-refractivity contribution < 1.29 is 14.1 Å². The highest BCUT2D eigenvalue weighted by Gasteiger charge is 2.28. The molecule has 9 nitrogen and oxygen atoms in total. The molecule has 1 aliphatic heterocycles. The van der Waals surface area contributed by atoms with Gasteiger partial charge in [0, 0.05) is 42.9 Å². The number of aromatic nitrogens is 3. The topological polar surface area (TPSA) is 110 Å². The molecule has 33 heavy (non-hydrogen) atoms. The maximum atomic E-state index is 13.1. The van der Waals surface area contributed by atoms with Crippen molar-refractivity contribution in [3.8, 4) is 0 Å². The first-order valence-electron chi connectivity index (χ1n) is 11.5. The number of hydrogen-bond donors (Lipinski definition) is 1. The summed E-state index contributed by atoms with van der Waals surface area (Å²) >= 11 is 1.63. The van der Waals surface area contributed by atoms with E-state index in [-0.39, 0.29) is 29.7 Å². The van der Waals surface area contributed by atoms with Gasteiger partial charge in [0.05, 0.1) is 11.7 Å². The average Bonchev–Trinajstić information content (AvgIpc) is 3.41. The summed E-state index contributed by atoms with van der Waals surface area (Å²) in [6, 6.07) is 1.68. The van der Waals surface area contributed by atoms with E-state index in [1.54, 1.807) is 40.1 Å². The number of nitrogens with zero attached hydrogens (tertiary/aromatic N) is 4. The van der Waals surface area contributed by atoms with Crippen LogP contribution in [0.3, 0.4) is 0 Å². The summed E-state index contributed by atoms with van der Waals surface area (Å²) in [6.45, 7) is 3.14. The van der Waals surface area contributed by atoms with Gasteiger partial charge in [0.1, 0.15) is 10.6 Å². The predicted molar refractivity (Wildman–Crippen MR) is 124 cm³/mol. The molecule has 174 valence electrons. The van der Waals surface area contributed by atoms with Crippen molar-refractivity contribution in [3.63, 3.8) is 0 Å². The maximum Gasteiger partial charge on any atom is 0.262 e. The summed E-state index contributed by atoms with van der Waals surface area (Å²) in [5, 5.41) is 7.31. The van der Waals surface area contributed by atoms with E-state index < -0.39 is 0 Å². The first kappa shape index (κ1) is 21.8. The third-order valence-corrected chi connectivity index (χ3v) is 7.81. The molecule has 3 aromatic rings. The fourth-order valence-corrected chi connectivity index (χ4v) is 5.98. The molecule has 3 aromatic heterocycles. The predicted octanol–water partition coefficient (Wildman–Crippen LogP) is 2.90. The number of nitrogens with one attached hydrogen (secondary N) is 1. The van der Waals surface area contributed by atoms with Crippen LogP contribution in [0, 0.1) is 12.8 Å². The lowest BCUT2D eigenvalue weighted by molar-refractivity contribution is -0.134. The number of aryl methyl sites for hydroxylation is 4. The molecule has 0 spiro atoms. The zero-order valence-corrected chi connectivity index (χ0v) is 19.4. The van der Waals surface area contributed by atoms with Crippen LogP contribution in [0.15, 0.2) is 21.7 Å². The van der Waals surface area contributed by atoms with Crippen LogP contribution < -0.4 is 10.9 Å². The molecule has 5 rings (SSSR count). The molecule has 4 heterocycles. The molecule has 0 atom stereocenters. The standard InChI is InChI=1S/C23H27N5O4S/c1-14-12-18(26-32-14)25-21(30)15-6-9-27(10-7-15)19(29)8-11-28-13-24-22-20(23(28)31)16-4-2-3-5-17(16)33-22/h12-13,15H,2-11H2,1H3,(H,25,26,30). The SMILES string of the molecule is Cc1cc(NC(=O)C2CCN(C(=O)CCn3cnc4sc5c(c4c3=O)CCCC5)CC2)no1. The minimum Gasteiger partial charge on any atom is -0.360 e. The number of carbonyl (C=O) groups excluding carboxylic acids is 2. The van der Waals surface area contributed by atoms with Gasteiger partial charge in [-0.25, -0.2) is 4.98 Å². The molecule has 0 bridgehead atoms. The fourth-order valence-electron chi connectivity index (χ4n) is 4.76. The highest BCUT2D eigenvalue weighted by molar-refractivity contribution is 7.18. The number of thiophene rings is 1. The fraction of sp³-hybridized carbons (Fsp3) is 0.522. The number of piperidine rings is 1. The smallest absolute Gasteiger partial charge is 0.262 e. The molecule has 1 N–H and O–H groups in total. The Labute approximate surface area is 194 Å². The number of carbonyl (C=O) groups is 2. The van der Waals surface area contributed by atoms with Crippen molar-refractivity contribution in [2.45, 2.75) is 58.4 Å². The van der Waals surface area contributed by atoms with Crippen molar-refractivity contribution in [2.24, 2.45) is 5.92 Å². The van der Waals surface area contributed by atoms with E-state index in [4.69, 9.17) is 4.52 Å². The molecule has 2 aliphatic rings. The summed E-state index contributed by atoms with van der Waals surface area (Å²) in [5.41, 5.74) is 1.13. The highest BCUT2D eigenvalue weighted by Crippen LogP contribution is 2.33. The van der Waals surface area contributed by atoms with Crippen LogP contribution >= 0.6 is 11.3 Å². The normalized spacial score (nSPS) is 16.7. The Hall–Kier alpha value is -3.01. The molecule has 0 saturated carbocycles. The summed E-state index contributed by atoms with van der Waals surface area (Å²) < 4.78 is 6.54. The number of anilines is 1. The third-order valence-electron chi connectivity index (χ3n) is 6.61. The van der Waals surface area contributed by atoms with Gasteiger partial charge < -0.3 is 14.7 Å². The summed E-state index contributed by atoms with van der Waals surface area (Å²) in [7, 11) is 0. The van der Waals surface area contributed by atoms with Crippen LogP contribution in [0.1, 0.15) is 48.3 Å². The Kier molecular flexibility index (Phi) is 6.01. The molecular formula is C23H27N5O4S. The van der Waals surface area contributed by atoms with E-state index in [1.807, 2.05) is 0 Å². The summed E-state index contributed by atoms with van der Waals surface area (Å²) in [6.07, 6.45) is 7.26. The van der Waals surface area contributed by atoms with E-state index >= 15 is 0 Å². The molecule has 2 amide bonds. The molecule has 1 fully saturated rings. The van der Waals surface area contributed by atoms with Crippen LogP contribution in [0.2, 0.25) is 0 Å². The number of amides is 2. The zero-order chi connectivity index (χ0) is 22.9. The lowest BCUT2D eigenvalue weighted by Crippen LogP contribution is -2.42. The Bertz CT molecular complexity index is 1250. The van der Waals surface area contributed by atoms with Crippen LogP contribution in [-0.4, -0.2) is 44.5 Å². The van der Waals surface area contributed by atoms with Gasteiger partial charge in [0.15, 0.2) is 5.82 Å². The Morgan fingerprint density at radius 2 is 2.03 bits per heavy atom. The van der Waals surface area contributed by atoms with E-state index in [0.29, 0.717) is 44.1 Å². The lowest BCUT2D eigenvalue weighted by Gasteiger charge is -2.31. The Morgan fingerprint density at radius 1 is 1.24 bits per heavy atom. The number of fused-ring (bicyclic) bond motifs is 3. The first-order chi connectivity index (χ1) is 16.0. The van der Waals surface area contributed by atoms with Crippen LogP contribution in [0.25, 0.3) is 10.2 Å². The monoisotopic (exact) mass is 469 g/mol. The Morgan fingerprint density at radius 3 is 2.79 bits per heavy atom. The van der Waals surface area contributed by atoms with Crippen molar-refractivity contribution in [2.75, 3.05) is 18.4 Å². The van der Waals surface area contributed by atoms with Crippen molar-refractivity contribution in [3.05, 3.63) is 38.9 Å². The number of rotatable bonds is 5. The van der Waals surface area contributed by atoms with Gasteiger partial charge in [-0.05, 0) is 51.0 Å². The van der Waals surface area contributed by atoms with Crippen molar-refractivity contribution >= 4 is 39.2 Å². The molecule has 1 saturated heterocycles. The van der Waals surface area contributed by atoms with E-state index in [9.17, 15) is 14.4 Å². The van der Waals surface area contributed by atoms with Crippen molar-refractivity contribution in [1.82, 2.24) is 19.6 Å². The minimum absolute atomic E-state index is 0.000304. The van der Waals surface area contributed by atoms with Crippen LogP contribution in [0.4, 0.5) is 5.82 Å². The second-order valence-corrected chi connectivity index (χ2v) is 9.93. The second-order valence-electron chi connectivity index (χ2n) is 8.85. The summed E-state index contributed by atoms with van der Waals surface area (Å²) in [5.74, 6) is 0.794. The van der Waals surface area contributed by atoms with Gasteiger partial charge in [0.2, 0.25) is 11.8 Å². The van der Waals surface area contributed by atoms with Crippen molar-refractivity contribution in [1.29, 1.82) is 0 Å². The van der Waals surface area contributed by atoms with Crippen LogP contribution in [-0.2, 0) is 29.0 Å². The van der Waals surface area contributed by atoms with Gasteiger partial charge in [-0.3, -0.25) is 19.0 Å². The Balaban J connectivity index is 1.17. The molecule has 0 radical (unpaired) electrons. The number of likely N-dealkylation sites (tertiary alicyclic amines) is 1. The number of hydrogen-bond acceptors (Lipinski definition) is 7. The lowest BCUT2D eigenvalue weighted by atomic mass is 9.95. The molecule has 1 aliphatic carbocycles. The van der Waals surface area contributed by atoms with E-state index in [0.717, 1.165) is 29.5 Å². The minimum atomic E-state index is -0.162. The highest BCUT2D eigenvalue weighted by atomic mass is 32.1. The van der Waals surface area contributed by atoms with Gasteiger partial charge in [-0.1, -0.05) is 5.16 Å². The maximum absolute atomic E-state index is 13.1. The van der Waals surface area contributed by atoms with E-state index in [1.165, 1.54) is 16.9 Å². The quantitative estimate of drug-likeness (QED) is 0.615. The zero-order valence-electron chi connectivity index (χ0n) is 18.6. The second kappa shape index (κ2) is 9.09. The summed E-state index contributed by atoms with van der Waals surface area (Å²) in [4.78, 5) is 46.7. The molecule has 0 aromatic carbocycles.